The molecule has 2 bridgehead atoms. The van der Waals surface area contributed by atoms with E-state index in [1.807, 2.05) is 17.5 Å². The average molecular weight is 317 g/mol. The first kappa shape index (κ1) is 14.0. The highest BCUT2D eigenvalue weighted by Crippen LogP contribution is 2.30. The van der Waals surface area contributed by atoms with Crippen LogP contribution in [0.4, 0.5) is 0 Å². The van der Waals surface area contributed by atoms with Crippen molar-refractivity contribution in [3.63, 3.8) is 0 Å². The first-order chi connectivity index (χ1) is 10.7. The van der Waals surface area contributed by atoms with E-state index in [9.17, 15) is 4.79 Å². The number of hydrogen-bond donors (Lipinski definition) is 1. The lowest BCUT2D eigenvalue weighted by Gasteiger charge is -2.30. The van der Waals surface area contributed by atoms with Crippen LogP contribution in [-0.2, 0) is 0 Å². The Bertz CT molecular complexity index is 702. The van der Waals surface area contributed by atoms with Crippen molar-refractivity contribution in [2.45, 2.75) is 18.9 Å². The van der Waals surface area contributed by atoms with Gasteiger partial charge in [0.05, 0.1) is 11.8 Å². The number of methoxy groups -OCH3 is 1. The molecule has 4 heterocycles. The van der Waals surface area contributed by atoms with Crippen LogP contribution in [-0.4, -0.2) is 48.6 Å². The molecule has 2 aliphatic heterocycles. The maximum absolute atomic E-state index is 12.5. The minimum absolute atomic E-state index is 0.0982. The zero-order chi connectivity index (χ0) is 15.1. The number of pyridine rings is 1. The van der Waals surface area contributed by atoms with E-state index < -0.39 is 0 Å². The van der Waals surface area contributed by atoms with Crippen LogP contribution in [0.1, 0.15) is 23.3 Å². The minimum atomic E-state index is -0.0982. The fraction of sp³-hybridized carbons (Fsp3) is 0.500. The topological polar surface area (TPSA) is 54.5 Å². The normalized spacial score (nSPS) is 27.0. The molecule has 0 aliphatic carbocycles. The first-order valence-corrected chi connectivity index (χ1v) is 8.56. The van der Waals surface area contributed by atoms with Gasteiger partial charge < -0.3 is 15.0 Å². The Morgan fingerprint density at radius 3 is 3.23 bits per heavy atom. The molecule has 2 saturated heterocycles. The summed E-state index contributed by atoms with van der Waals surface area (Å²) in [6.07, 6.45) is 2.35. The summed E-state index contributed by atoms with van der Waals surface area (Å²) < 4.78 is 6.31. The Hall–Kier alpha value is -1.66. The molecular formula is C16H19N3O2S. The van der Waals surface area contributed by atoms with Gasteiger partial charge in [0, 0.05) is 24.5 Å². The van der Waals surface area contributed by atoms with Crippen LogP contribution in [0.3, 0.4) is 0 Å². The Balaban J connectivity index is 1.55. The van der Waals surface area contributed by atoms with Crippen LogP contribution in [0.25, 0.3) is 10.1 Å². The lowest BCUT2D eigenvalue weighted by atomic mass is 9.97. The fourth-order valence-electron chi connectivity index (χ4n) is 3.62. The summed E-state index contributed by atoms with van der Waals surface area (Å²) in [6.45, 7) is 3.32. The van der Waals surface area contributed by atoms with Crippen LogP contribution < -0.4 is 10.1 Å². The second kappa shape index (κ2) is 5.52. The number of carbonyl (C=O) groups is 1. The Morgan fingerprint density at radius 2 is 2.41 bits per heavy atom. The van der Waals surface area contributed by atoms with E-state index in [4.69, 9.17) is 4.74 Å². The van der Waals surface area contributed by atoms with E-state index >= 15 is 0 Å². The molecule has 1 N–H and O–H groups in total. The molecule has 2 fully saturated rings. The number of aromatic nitrogens is 1. The molecule has 6 heteroatoms. The van der Waals surface area contributed by atoms with Crippen LogP contribution in [0.2, 0.25) is 0 Å². The largest absolute Gasteiger partial charge is 0.480 e. The van der Waals surface area contributed by atoms with Gasteiger partial charge in [-0.3, -0.25) is 4.79 Å². The van der Waals surface area contributed by atoms with Gasteiger partial charge in [0.1, 0.15) is 5.69 Å². The van der Waals surface area contributed by atoms with Gasteiger partial charge in [-0.05, 0) is 42.8 Å². The van der Waals surface area contributed by atoms with Gasteiger partial charge in [0.2, 0.25) is 5.88 Å². The summed E-state index contributed by atoms with van der Waals surface area (Å²) >= 11 is 1.58. The van der Waals surface area contributed by atoms with Gasteiger partial charge in [-0.2, -0.15) is 0 Å². The molecule has 0 aromatic carbocycles. The number of amides is 1. The molecule has 2 aromatic heterocycles. The van der Waals surface area contributed by atoms with Crippen molar-refractivity contribution >= 4 is 27.3 Å². The summed E-state index contributed by atoms with van der Waals surface area (Å²) in [5, 5.41) is 6.15. The molecule has 2 aromatic rings. The minimum Gasteiger partial charge on any atom is -0.480 e. The SMILES string of the molecule is COc1nc(C(=O)N[C@@H]2C[C@H]3CCN(C3)C2)cc2ccsc12. The third-order valence-corrected chi connectivity index (χ3v) is 5.55. The van der Waals surface area contributed by atoms with E-state index in [1.54, 1.807) is 18.4 Å². The van der Waals surface area contributed by atoms with Gasteiger partial charge >= 0.3 is 0 Å². The number of nitrogens with one attached hydrogen (secondary N) is 1. The summed E-state index contributed by atoms with van der Waals surface area (Å²) in [7, 11) is 1.59. The predicted octanol–water partition coefficient (Wildman–Crippen LogP) is 2.13. The number of thiophene rings is 1. The van der Waals surface area contributed by atoms with Crippen molar-refractivity contribution in [2.75, 3.05) is 26.7 Å². The predicted molar refractivity (Wildman–Crippen MR) is 86.6 cm³/mol. The molecule has 4 rings (SSSR count). The van der Waals surface area contributed by atoms with Gasteiger partial charge in [-0.25, -0.2) is 4.98 Å². The van der Waals surface area contributed by atoms with E-state index in [0.717, 1.165) is 29.0 Å². The zero-order valence-electron chi connectivity index (χ0n) is 12.5. The van der Waals surface area contributed by atoms with Crippen molar-refractivity contribution < 1.29 is 9.53 Å². The summed E-state index contributed by atoms with van der Waals surface area (Å²) in [6, 6.07) is 4.08. The quantitative estimate of drug-likeness (QED) is 0.942. The highest BCUT2D eigenvalue weighted by molar-refractivity contribution is 7.17. The number of ether oxygens (including phenoxy) is 1. The molecule has 3 atom stereocenters. The molecule has 0 saturated carbocycles. The molecule has 0 spiro atoms. The third kappa shape index (κ3) is 2.46. The van der Waals surface area contributed by atoms with Crippen LogP contribution in [0.15, 0.2) is 17.5 Å². The number of carbonyl (C=O) groups excluding carboxylic acids is 1. The molecule has 1 amide bonds. The van der Waals surface area contributed by atoms with Crippen LogP contribution in [0.5, 0.6) is 5.88 Å². The molecule has 5 nitrogen and oxygen atoms in total. The number of hydrogen-bond acceptors (Lipinski definition) is 5. The molecule has 1 unspecified atom stereocenters. The molecule has 22 heavy (non-hydrogen) atoms. The number of nitrogens with zero attached hydrogens (tertiary/aromatic N) is 2. The standard InChI is InChI=1S/C16H19N3O2S/c1-21-16-14-11(3-5-22-14)7-13(18-16)15(20)17-12-6-10-2-4-19(8-10)9-12/h3,5,7,10,12H,2,4,6,8-9H2,1H3,(H,17,20)/t10-,12-/m1/s1. The average Bonchev–Trinajstić information content (AvgIpc) is 3.12. The lowest BCUT2D eigenvalue weighted by molar-refractivity contribution is 0.0903. The number of rotatable bonds is 3. The second-order valence-electron chi connectivity index (χ2n) is 6.18. The Morgan fingerprint density at radius 1 is 1.50 bits per heavy atom. The second-order valence-corrected chi connectivity index (χ2v) is 7.09. The third-order valence-electron chi connectivity index (χ3n) is 4.63. The van der Waals surface area contributed by atoms with Gasteiger partial charge in [0.25, 0.3) is 5.91 Å². The monoisotopic (exact) mass is 317 g/mol. The summed E-state index contributed by atoms with van der Waals surface area (Å²) in [4.78, 5) is 19.3. The smallest absolute Gasteiger partial charge is 0.270 e. The van der Waals surface area contributed by atoms with Crippen molar-refractivity contribution in [2.24, 2.45) is 5.92 Å². The maximum atomic E-state index is 12.5. The summed E-state index contributed by atoms with van der Waals surface area (Å²) in [5.74, 6) is 1.17. The highest BCUT2D eigenvalue weighted by Gasteiger charge is 2.33. The first-order valence-electron chi connectivity index (χ1n) is 7.68. The van der Waals surface area contributed by atoms with E-state index in [0.29, 0.717) is 11.6 Å². The van der Waals surface area contributed by atoms with E-state index in [-0.39, 0.29) is 11.9 Å². The van der Waals surface area contributed by atoms with Crippen LogP contribution in [0, 0.1) is 5.92 Å². The maximum Gasteiger partial charge on any atom is 0.270 e. The lowest BCUT2D eigenvalue weighted by Crippen LogP contribution is -2.47. The molecule has 116 valence electrons. The van der Waals surface area contributed by atoms with Gasteiger partial charge in [-0.15, -0.1) is 11.3 Å². The zero-order valence-corrected chi connectivity index (χ0v) is 13.4. The fourth-order valence-corrected chi connectivity index (χ4v) is 4.47. The van der Waals surface area contributed by atoms with Crippen molar-refractivity contribution in [1.82, 2.24) is 15.2 Å². The molecule has 0 radical (unpaired) electrons. The van der Waals surface area contributed by atoms with E-state index in [1.165, 1.54) is 19.5 Å². The molecule has 2 aliphatic rings. The van der Waals surface area contributed by atoms with Crippen molar-refractivity contribution in [3.05, 3.63) is 23.2 Å². The Kier molecular flexibility index (Phi) is 3.50. The molecular weight excluding hydrogens is 298 g/mol. The Labute approximate surface area is 133 Å². The number of piperidine rings is 1. The van der Waals surface area contributed by atoms with Crippen LogP contribution >= 0.6 is 11.3 Å². The van der Waals surface area contributed by atoms with Gasteiger partial charge in [0.15, 0.2) is 0 Å². The van der Waals surface area contributed by atoms with Crippen molar-refractivity contribution in [1.29, 1.82) is 0 Å². The highest BCUT2D eigenvalue weighted by atomic mass is 32.1. The summed E-state index contributed by atoms with van der Waals surface area (Å²) in [5.41, 5.74) is 0.440. The van der Waals surface area contributed by atoms with Gasteiger partial charge in [-0.1, -0.05) is 0 Å². The van der Waals surface area contributed by atoms with E-state index in [2.05, 4.69) is 15.2 Å². The van der Waals surface area contributed by atoms with Crippen molar-refractivity contribution in [3.8, 4) is 5.88 Å². The number of fused-ring (bicyclic) bond motifs is 3.